The molecule has 6 heteroatoms. The molecule has 1 fully saturated rings. The van der Waals surface area contributed by atoms with Gasteiger partial charge in [-0.25, -0.2) is 4.79 Å². The first-order valence-electron chi connectivity index (χ1n) is 6.05. The molecule has 1 aliphatic rings. The summed E-state index contributed by atoms with van der Waals surface area (Å²) < 4.78 is 1.06. The van der Waals surface area contributed by atoms with E-state index in [1.165, 1.54) is 0 Å². The number of carbonyl (C=O) groups is 1. The Balaban J connectivity index is 1.81. The summed E-state index contributed by atoms with van der Waals surface area (Å²) in [5, 5.41) is 15.1. The van der Waals surface area contributed by atoms with Gasteiger partial charge in [-0.05, 0) is 40.9 Å². The minimum atomic E-state index is -0.403. The molecule has 0 spiro atoms. The fourth-order valence-electron chi connectivity index (χ4n) is 2.27. The Bertz CT molecular complexity index is 416. The number of amides is 2. The number of nitrogens with one attached hydrogen (secondary N) is 2. The smallest absolute Gasteiger partial charge is 0.315 e. The van der Waals surface area contributed by atoms with Crippen molar-refractivity contribution in [3.63, 3.8) is 0 Å². The molecule has 1 saturated carbocycles. The van der Waals surface area contributed by atoms with Crippen LogP contribution in [0.15, 0.2) is 15.9 Å². The summed E-state index contributed by atoms with van der Waals surface area (Å²) in [6.07, 6.45) is 3.86. The summed E-state index contributed by atoms with van der Waals surface area (Å²) in [4.78, 5) is 12.9. The molecule has 1 aromatic rings. The molecule has 2 rings (SSSR count). The van der Waals surface area contributed by atoms with Crippen LogP contribution in [0.1, 0.15) is 30.6 Å². The maximum absolute atomic E-state index is 11.8. The molecular weight excluding hydrogens is 316 g/mol. The molecule has 1 aliphatic carbocycles. The molecule has 1 heterocycles. The zero-order valence-electron chi connectivity index (χ0n) is 10.0. The quantitative estimate of drug-likeness (QED) is 0.793. The van der Waals surface area contributed by atoms with Crippen LogP contribution < -0.4 is 10.6 Å². The van der Waals surface area contributed by atoms with E-state index >= 15 is 0 Å². The van der Waals surface area contributed by atoms with E-state index in [0.29, 0.717) is 6.54 Å². The zero-order valence-corrected chi connectivity index (χ0v) is 12.4. The second kappa shape index (κ2) is 6.04. The van der Waals surface area contributed by atoms with Gasteiger partial charge in [0, 0.05) is 4.88 Å². The Morgan fingerprint density at radius 2 is 2.17 bits per heavy atom. The second-order valence-corrected chi connectivity index (χ2v) is 7.21. The van der Waals surface area contributed by atoms with E-state index in [0.717, 1.165) is 34.3 Å². The largest absolute Gasteiger partial charge is 0.394 e. The Morgan fingerprint density at radius 1 is 1.44 bits per heavy atom. The summed E-state index contributed by atoms with van der Waals surface area (Å²) in [7, 11) is 0. The Kier molecular flexibility index (Phi) is 4.64. The first-order chi connectivity index (χ1) is 8.63. The first-order valence-corrected chi connectivity index (χ1v) is 7.66. The van der Waals surface area contributed by atoms with Gasteiger partial charge in [-0.3, -0.25) is 0 Å². The molecule has 4 nitrogen and oxygen atoms in total. The molecule has 18 heavy (non-hydrogen) atoms. The molecule has 1 aromatic heterocycles. The number of hydrogen-bond acceptors (Lipinski definition) is 3. The van der Waals surface area contributed by atoms with Crippen LogP contribution in [0.4, 0.5) is 4.79 Å². The topological polar surface area (TPSA) is 61.4 Å². The number of urea groups is 1. The summed E-state index contributed by atoms with van der Waals surface area (Å²) in [5.41, 5.74) is -0.403. The lowest BCUT2D eigenvalue weighted by Gasteiger charge is -2.27. The van der Waals surface area contributed by atoms with Gasteiger partial charge in [-0.2, -0.15) is 0 Å². The first kappa shape index (κ1) is 13.8. The van der Waals surface area contributed by atoms with E-state index in [2.05, 4.69) is 26.6 Å². The molecule has 0 aromatic carbocycles. The second-order valence-electron chi connectivity index (χ2n) is 4.66. The lowest BCUT2D eigenvalue weighted by atomic mass is 9.99. The van der Waals surface area contributed by atoms with E-state index in [1.54, 1.807) is 11.3 Å². The number of hydrogen-bond donors (Lipinski definition) is 3. The fourth-order valence-corrected chi connectivity index (χ4v) is 3.70. The third kappa shape index (κ3) is 3.46. The van der Waals surface area contributed by atoms with Gasteiger partial charge < -0.3 is 15.7 Å². The third-order valence-electron chi connectivity index (χ3n) is 3.29. The van der Waals surface area contributed by atoms with Crippen LogP contribution in [-0.2, 0) is 6.54 Å². The molecule has 0 radical (unpaired) electrons. The van der Waals surface area contributed by atoms with Crippen molar-refractivity contribution in [2.24, 2.45) is 0 Å². The van der Waals surface area contributed by atoms with Crippen molar-refractivity contribution in [3.05, 3.63) is 20.8 Å². The van der Waals surface area contributed by atoms with Gasteiger partial charge in [0.15, 0.2) is 0 Å². The predicted molar refractivity (Wildman–Crippen MR) is 75.7 cm³/mol. The highest BCUT2D eigenvalue weighted by molar-refractivity contribution is 9.11. The molecule has 0 aliphatic heterocycles. The molecule has 3 N–H and O–H groups in total. The lowest BCUT2D eigenvalue weighted by Crippen LogP contribution is -2.52. The van der Waals surface area contributed by atoms with Crippen LogP contribution in [0.3, 0.4) is 0 Å². The van der Waals surface area contributed by atoms with Gasteiger partial charge in [0.25, 0.3) is 0 Å². The monoisotopic (exact) mass is 332 g/mol. The highest BCUT2D eigenvalue weighted by atomic mass is 79.9. The molecular formula is C12H17BrN2O2S. The summed E-state index contributed by atoms with van der Waals surface area (Å²) in [6.45, 7) is 0.536. The van der Waals surface area contributed by atoms with Gasteiger partial charge in [-0.15, -0.1) is 11.3 Å². The maximum Gasteiger partial charge on any atom is 0.315 e. The van der Waals surface area contributed by atoms with E-state index < -0.39 is 5.54 Å². The summed E-state index contributed by atoms with van der Waals surface area (Å²) >= 11 is 4.99. The van der Waals surface area contributed by atoms with Gasteiger partial charge >= 0.3 is 6.03 Å². The van der Waals surface area contributed by atoms with Crippen molar-refractivity contribution >= 4 is 33.3 Å². The van der Waals surface area contributed by atoms with Crippen LogP contribution >= 0.6 is 27.3 Å². The standard InChI is InChI=1S/C12H17BrN2O2S/c13-10-4-3-9(18-10)7-14-11(17)15-12(8-16)5-1-2-6-12/h3-4,16H,1-2,5-8H2,(H2,14,15,17). The van der Waals surface area contributed by atoms with E-state index in [4.69, 9.17) is 0 Å². The van der Waals surface area contributed by atoms with Crippen molar-refractivity contribution in [2.75, 3.05) is 6.61 Å². The normalized spacial score (nSPS) is 17.7. The Morgan fingerprint density at radius 3 is 2.72 bits per heavy atom. The SMILES string of the molecule is O=C(NCc1ccc(Br)s1)NC1(CO)CCCC1. The highest BCUT2D eigenvalue weighted by Gasteiger charge is 2.34. The van der Waals surface area contributed by atoms with Crippen LogP contribution in [-0.4, -0.2) is 23.3 Å². The number of aliphatic hydroxyl groups excluding tert-OH is 1. The molecule has 0 unspecified atom stereocenters. The fraction of sp³-hybridized carbons (Fsp3) is 0.583. The number of carbonyl (C=O) groups excluding carboxylic acids is 1. The molecule has 0 bridgehead atoms. The van der Waals surface area contributed by atoms with Gasteiger partial charge in [-0.1, -0.05) is 12.8 Å². The van der Waals surface area contributed by atoms with Gasteiger partial charge in [0.2, 0.25) is 0 Å². The van der Waals surface area contributed by atoms with Crippen LogP contribution in [0.5, 0.6) is 0 Å². The molecule has 2 amide bonds. The van der Waals surface area contributed by atoms with Crippen LogP contribution in [0.25, 0.3) is 0 Å². The third-order valence-corrected chi connectivity index (χ3v) is 4.92. The average molecular weight is 333 g/mol. The highest BCUT2D eigenvalue weighted by Crippen LogP contribution is 2.29. The minimum Gasteiger partial charge on any atom is -0.394 e. The van der Waals surface area contributed by atoms with E-state index in [9.17, 15) is 9.90 Å². The lowest BCUT2D eigenvalue weighted by molar-refractivity contribution is 0.163. The van der Waals surface area contributed by atoms with E-state index in [-0.39, 0.29) is 12.6 Å². The van der Waals surface area contributed by atoms with Crippen molar-refractivity contribution < 1.29 is 9.90 Å². The number of thiophene rings is 1. The van der Waals surface area contributed by atoms with Crippen molar-refractivity contribution in [2.45, 2.75) is 37.8 Å². The molecule has 0 saturated heterocycles. The van der Waals surface area contributed by atoms with Crippen LogP contribution in [0.2, 0.25) is 0 Å². The summed E-state index contributed by atoms with van der Waals surface area (Å²) in [6, 6.07) is 3.74. The predicted octanol–water partition coefficient (Wildman–Crippen LogP) is 2.61. The van der Waals surface area contributed by atoms with E-state index in [1.807, 2.05) is 12.1 Å². The number of aliphatic hydroxyl groups is 1. The summed E-state index contributed by atoms with van der Waals surface area (Å²) in [5.74, 6) is 0. The van der Waals surface area contributed by atoms with Gasteiger partial charge in [0.05, 0.1) is 22.5 Å². The van der Waals surface area contributed by atoms with Crippen molar-refractivity contribution in [3.8, 4) is 0 Å². The van der Waals surface area contributed by atoms with Gasteiger partial charge in [0.1, 0.15) is 0 Å². The minimum absolute atomic E-state index is 0.0188. The zero-order chi connectivity index (χ0) is 13.0. The van der Waals surface area contributed by atoms with Crippen molar-refractivity contribution in [1.29, 1.82) is 0 Å². The number of rotatable bonds is 4. The van der Waals surface area contributed by atoms with Crippen LogP contribution in [0, 0.1) is 0 Å². The Hall–Kier alpha value is -0.590. The maximum atomic E-state index is 11.8. The number of halogens is 1. The van der Waals surface area contributed by atoms with Crippen molar-refractivity contribution in [1.82, 2.24) is 10.6 Å². The Labute approximate surface area is 119 Å². The average Bonchev–Trinajstić information content (AvgIpc) is 2.97. The molecule has 100 valence electrons. The molecule has 0 atom stereocenters.